The number of benzene rings is 1. The number of aromatic nitrogens is 1. The third-order valence-electron chi connectivity index (χ3n) is 4.00. The first kappa shape index (κ1) is 13.3. The highest BCUT2D eigenvalue weighted by atomic mass is 16.1. The summed E-state index contributed by atoms with van der Waals surface area (Å²) in [5, 5.41) is 4.49. The maximum atomic E-state index is 12.6. The van der Waals surface area contributed by atoms with Crippen LogP contribution in [0.2, 0.25) is 0 Å². The van der Waals surface area contributed by atoms with Crippen LogP contribution < -0.4 is 10.9 Å². The summed E-state index contributed by atoms with van der Waals surface area (Å²) in [5.41, 5.74) is 2.10. The molecule has 1 aromatic carbocycles. The molecule has 0 atom stereocenters. The van der Waals surface area contributed by atoms with E-state index in [-0.39, 0.29) is 5.56 Å². The highest BCUT2D eigenvalue weighted by molar-refractivity contribution is 5.79. The van der Waals surface area contributed by atoms with Gasteiger partial charge in [0.1, 0.15) is 0 Å². The van der Waals surface area contributed by atoms with Crippen LogP contribution in [0.25, 0.3) is 10.9 Å². The minimum atomic E-state index is 0.157. The average Bonchev–Trinajstić information content (AvgIpc) is 2.49. The maximum Gasteiger partial charge on any atom is 0.255 e. The lowest BCUT2D eigenvalue weighted by atomic mass is 10.1. The Labute approximate surface area is 119 Å². The van der Waals surface area contributed by atoms with E-state index >= 15 is 0 Å². The van der Waals surface area contributed by atoms with Crippen LogP contribution in [-0.2, 0) is 13.1 Å². The fourth-order valence-corrected chi connectivity index (χ4v) is 2.92. The molecule has 106 valence electrons. The van der Waals surface area contributed by atoms with Gasteiger partial charge in [-0.25, -0.2) is 0 Å². The number of para-hydroxylation sites is 1. The fraction of sp³-hybridized carbons (Fsp3) is 0.438. The van der Waals surface area contributed by atoms with E-state index in [2.05, 4.69) is 22.3 Å². The van der Waals surface area contributed by atoms with E-state index in [1.807, 2.05) is 29.7 Å². The molecule has 1 aliphatic rings. The largest absolute Gasteiger partial charge is 0.314 e. The number of pyridine rings is 1. The van der Waals surface area contributed by atoms with Crippen LogP contribution in [0.4, 0.5) is 0 Å². The molecule has 2 aromatic rings. The van der Waals surface area contributed by atoms with Crippen molar-refractivity contribution < 1.29 is 0 Å². The molecule has 1 N–H and O–H groups in total. The minimum Gasteiger partial charge on any atom is -0.314 e. The average molecular weight is 271 g/mol. The van der Waals surface area contributed by atoms with Gasteiger partial charge in [0.25, 0.3) is 5.56 Å². The topological polar surface area (TPSA) is 37.3 Å². The Kier molecular flexibility index (Phi) is 3.85. The molecule has 0 unspecified atom stereocenters. The lowest BCUT2D eigenvalue weighted by molar-refractivity contribution is 0.232. The van der Waals surface area contributed by atoms with Crippen molar-refractivity contribution in [2.45, 2.75) is 20.0 Å². The number of aryl methyl sites for hydroxylation is 1. The normalized spacial score (nSPS) is 16.6. The molecule has 4 nitrogen and oxygen atoms in total. The van der Waals surface area contributed by atoms with Gasteiger partial charge in [0.2, 0.25) is 0 Å². The first-order valence-corrected chi connectivity index (χ1v) is 7.34. The van der Waals surface area contributed by atoms with Crippen LogP contribution in [0.5, 0.6) is 0 Å². The van der Waals surface area contributed by atoms with Gasteiger partial charge in [-0.05, 0) is 24.4 Å². The quantitative estimate of drug-likeness (QED) is 0.917. The van der Waals surface area contributed by atoms with Gasteiger partial charge < -0.3 is 9.88 Å². The number of piperazine rings is 1. The molecule has 1 aromatic heterocycles. The predicted molar refractivity (Wildman–Crippen MR) is 82.0 cm³/mol. The third kappa shape index (κ3) is 2.49. The Morgan fingerprint density at radius 2 is 1.95 bits per heavy atom. The number of rotatable bonds is 3. The third-order valence-corrected chi connectivity index (χ3v) is 4.00. The predicted octanol–water partition coefficient (Wildman–Crippen LogP) is 1.43. The highest BCUT2D eigenvalue weighted by Crippen LogP contribution is 2.14. The van der Waals surface area contributed by atoms with E-state index in [1.54, 1.807) is 0 Å². The Bertz CT molecular complexity index is 656. The number of fused-ring (bicyclic) bond motifs is 1. The van der Waals surface area contributed by atoms with Gasteiger partial charge in [-0.15, -0.1) is 0 Å². The van der Waals surface area contributed by atoms with Crippen molar-refractivity contribution in [2.75, 3.05) is 26.2 Å². The molecular weight excluding hydrogens is 250 g/mol. The van der Waals surface area contributed by atoms with Crippen LogP contribution in [-0.4, -0.2) is 35.6 Å². The van der Waals surface area contributed by atoms with Crippen molar-refractivity contribution in [2.24, 2.45) is 0 Å². The number of hydrogen-bond acceptors (Lipinski definition) is 3. The molecule has 0 spiro atoms. The zero-order valence-electron chi connectivity index (χ0n) is 11.9. The molecule has 1 saturated heterocycles. The summed E-state index contributed by atoms with van der Waals surface area (Å²) in [7, 11) is 0. The lowest BCUT2D eigenvalue weighted by Crippen LogP contribution is -2.43. The molecule has 0 bridgehead atoms. The van der Waals surface area contributed by atoms with Gasteiger partial charge in [0.15, 0.2) is 0 Å². The Balaban J connectivity index is 2.02. The molecule has 3 rings (SSSR count). The van der Waals surface area contributed by atoms with E-state index in [4.69, 9.17) is 0 Å². The van der Waals surface area contributed by atoms with Crippen molar-refractivity contribution in [3.8, 4) is 0 Å². The van der Waals surface area contributed by atoms with Gasteiger partial charge in [-0.1, -0.05) is 18.2 Å². The van der Waals surface area contributed by atoms with Gasteiger partial charge in [0.05, 0.1) is 5.52 Å². The highest BCUT2D eigenvalue weighted by Gasteiger charge is 2.14. The lowest BCUT2D eigenvalue weighted by Gasteiger charge is -2.27. The SMILES string of the molecule is CCn1c(=O)c(CN2CCNCC2)cc2ccccc21. The maximum absolute atomic E-state index is 12.6. The molecule has 0 amide bonds. The van der Waals surface area contributed by atoms with E-state index in [9.17, 15) is 4.79 Å². The van der Waals surface area contributed by atoms with E-state index < -0.39 is 0 Å². The summed E-state index contributed by atoms with van der Waals surface area (Å²) in [5.74, 6) is 0. The molecular formula is C16H21N3O. The van der Waals surface area contributed by atoms with Gasteiger partial charge in [0, 0.05) is 44.8 Å². The molecule has 20 heavy (non-hydrogen) atoms. The summed E-state index contributed by atoms with van der Waals surface area (Å²) in [6, 6.07) is 10.2. The second kappa shape index (κ2) is 5.77. The van der Waals surface area contributed by atoms with E-state index in [1.165, 1.54) is 0 Å². The van der Waals surface area contributed by atoms with Crippen LogP contribution >= 0.6 is 0 Å². The van der Waals surface area contributed by atoms with Crippen molar-refractivity contribution in [3.63, 3.8) is 0 Å². The Morgan fingerprint density at radius 3 is 2.70 bits per heavy atom. The first-order chi connectivity index (χ1) is 9.79. The molecule has 0 aliphatic carbocycles. The molecule has 2 heterocycles. The number of nitrogens with zero attached hydrogens (tertiary/aromatic N) is 2. The summed E-state index contributed by atoms with van der Waals surface area (Å²) in [6.45, 7) is 7.55. The van der Waals surface area contributed by atoms with Crippen LogP contribution in [0, 0.1) is 0 Å². The monoisotopic (exact) mass is 271 g/mol. The second-order valence-electron chi connectivity index (χ2n) is 5.30. The van der Waals surface area contributed by atoms with Crippen LogP contribution in [0.15, 0.2) is 35.1 Å². The Morgan fingerprint density at radius 1 is 1.20 bits per heavy atom. The van der Waals surface area contributed by atoms with Crippen molar-refractivity contribution >= 4 is 10.9 Å². The fourth-order valence-electron chi connectivity index (χ4n) is 2.92. The number of nitrogens with one attached hydrogen (secondary N) is 1. The number of hydrogen-bond donors (Lipinski definition) is 1. The smallest absolute Gasteiger partial charge is 0.255 e. The van der Waals surface area contributed by atoms with Crippen LogP contribution in [0.1, 0.15) is 12.5 Å². The van der Waals surface area contributed by atoms with E-state index in [0.29, 0.717) is 0 Å². The summed E-state index contributed by atoms with van der Waals surface area (Å²) < 4.78 is 1.88. The zero-order chi connectivity index (χ0) is 13.9. The zero-order valence-corrected chi connectivity index (χ0v) is 11.9. The molecule has 1 aliphatic heterocycles. The Hall–Kier alpha value is -1.65. The molecule has 4 heteroatoms. The minimum absolute atomic E-state index is 0.157. The standard InChI is InChI=1S/C16H21N3O/c1-2-19-15-6-4-3-5-13(15)11-14(16(19)20)12-18-9-7-17-8-10-18/h3-6,11,17H,2,7-10,12H2,1H3. The van der Waals surface area contributed by atoms with Crippen LogP contribution in [0.3, 0.4) is 0 Å². The van der Waals surface area contributed by atoms with Crippen molar-refractivity contribution in [1.29, 1.82) is 0 Å². The summed E-state index contributed by atoms with van der Waals surface area (Å²) in [6.07, 6.45) is 0. The van der Waals surface area contributed by atoms with Gasteiger partial charge in [-0.3, -0.25) is 9.69 Å². The first-order valence-electron chi connectivity index (χ1n) is 7.34. The van der Waals surface area contributed by atoms with Crippen molar-refractivity contribution in [1.82, 2.24) is 14.8 Å². The summed E-state index contributed by atoms with van der Waals surface area (Å²) in [4.78, 5) is 15.0. The second-order valence-corrected chi connectivity index (χ2v) is 5.30. The van der Waals surface area contributed by atoms with Crippen molar-refractivity contribution in [3.05, 3.63) is 46.2 Å². The van der Waals surface area contributed by atoms with Gasteiger partial charge >= 0.3 is 0 Å². The molecule has 0 radical (unpaired) electrons. The van der Waals surface area contributed by atoms with Gasteiger partial charge in [-0.2, -0.15) is 0 Å². The molecule has 0 saturated carbocycles. The summed E-state index contributed by atoms with van der Waals surface area (Å²) >= 11 is 0. The van der Waals surface area contributed by atoms with E-state index in [0.717, 1.165) is 55.7 Å². The molecule has 1 fully saturated rings.